The zero-order chi connectivity index (χ0) is 13.9. The van der Waals surface area contributed by atoms with Crippen molar-refractivity contribution < 1.29 is 0 Å². The van der Waals surface area contributed by atoms with Gasteiger partial charge in [-0.2, -0.15) is 0 Å². The molecule has 0 atom stereocenters. The first-order valence-corrected chi connectivity index (χ1v) is 8.06. The number of nitrogens with one attached hydrogen (secondary N) is 1. The molecule has 2 aliphatic rings. The lowest BCUT2D eigenvalue weighted by molar-refractivity contribution is 0.220. The van der Waals surface area contributed by atoms with Crippen LogP contribution in [0, 0.1) is 0 Å². The second kappa shape index (κ2) is 6.15. The van der Waals surface area contributed by atoms with Crippen molar-refractivity contribution in [3.63, 3.8) is 0 Å². The molecule has 1 N–H and O–H groups in total. The summed E-state index contributed by atoms with van der Waals surface area (Å²) >= 11 is 0. The number of nitrogens with zero attached hydrogens (tertiary/aromatic N) is 2. The Bertz CT molecular complexity index is 450. The highest BCUT2D eigenvalue weighted by Gasteiger charge is 2.24. The Morgan fingerprint density at radius 2 is 2.10 bits per heavy atom. The second-order valence-corrected chi connectivity index (χ2v) is 6.12. The fraction of sp³-hybridized carbons (Fsp3) is 0.647. The van der Waals surface area contributed by atoms with Gasteiger partial charge >= 0.3 is 0 Å². The molecule has 1 aromatic rings. The van der Waals surface area contributed by atoms with E-state index in [0.29, 0.717) is 6.04 Å². The van der Waals surface area contributed by atoms with Crippen LogP contribution in [0.1, 0.15) is 30.9 Å². The molecule has 3 rings (SSSR count). The fourth-order valence-corrected chi connectivity index (χ4v) is 3.65. The number of piperidine rings is 1. The normalized spacial score (nSPS) is 20.7. The topological polar surface area (TPSA) is 18.5 Å². The van der Waals surface area contributed by atoms with Gasteiger partial charge in [0.25, 0.3) is 0 Å². The van der Waals surface area contributed by atoms with Gasteiger partial charge in [-0.25, -0.2) is 0 Å². The molecule has 1 fully saturated rings. The Hall–Kier alpha value is -1.06. The van der Waals surface area contributed by atoms with Crippen molar-refractivity contribution >= 4 is 5.69 Å². The van der Waals surface area contributed by atoms with Crippen molar-refractivity contribution in [2.75, 3.05) is 38.1 Å². The van der Waals surface area contributed by atoms with Crippen LogP contribution < -0.4 is 10.2 Å². The Morgan fingerprint density at radius 3 is 2.85 bits per heavy atom. The van der Waals surface area contributed by atoms with Crippen molar-refractivity contribution in [2.24, 2.45) is 0 Å². The minimum Gasteiger partial charge on any atom is -0.371 e. The molecular weight excluding hydrogens is 246 g/mol. The minimum absolute atomic E-state index is 0.700. The fourth-order valence-electron chi connectivity index (χ4n) is 3.65. The number of benzene rings is 1. The molecule has 0 radical (unpaired) electrons. The van der Waals surface area contributed by atoms with Crippen LogP contribution in [0.3, 0.4) is 0 Å². The summed E-state index contributed by atoms with van der Waals surface area (Å²) in [6.07, 6.45) is 3.76. The van der Waals surface area contributed by atoms with E-state index in [4.69, 9.17) is 0 Å². The van der Waals surface area contributed by atoms with Crippen LogP contribution in [0.2, 0.25) is 0 Å². The summed E-state index contributed by atoms with van der Waals surface area (Å²) in [5, 5.41) is 3.52. The predicted octanol–water partition coefficient (Wildman–Crippen LogP) is 2.25. The molecule has 1 saturated heterocycles. The van der Waals surface area contributed by atoms with Gasteiger partial charge in [-0.05, 0) is 49.5 Å². The van der Waals surface area contributed by atoms with E-state index in [2.05, 4.69) is 47.3 Å². The van der Waals surface area contributed by atoms with E-state index < -0.39 is 0 Å². The summed E-state index contributed by atoms with van der Waals surface area (Å²) in [7, 11) is 2.29. The summed E-state index contributed by atoms with van der Waals surface area (Å²) in [6, 6.07) is 7.54. The highest BCUT2D eigenvalue weighted by Crippen LogP contribution is 2.29. The molecule has 1 aromatic carbocycles. The number of fused-ring (bicyclic) bond motifs is 1. The lowest BCUT2D eigenvalue weighted by Gasteiger charge is -2.39. The first-order chi connectivity index (χ1) is 9.79. The molecule has 2 aliphatic heterocycles. The van der Waals surface area contributed by atoms with Gasteiger partial charge in [0.2, 0.25) is 0 Å². The summed E-state index contributed by atoms with van der Waals surface area (Å²) in [6.45, 7) is 8.11. The maximum atomic E-state index is 3.52. The van der Waals surface area contributed by atoms with Gasteiger partial charge in [-0.1, -0.05) is 19.1 Å². The van der Waals surface area contributed by atoms with Crippen molar-refractivity contribution in [3.05, 3.63) is 29.3 Å². The molecule has 0 spiro atoms. The van der Waals surface area contributed by atoms with E-state index in [1.54, 1.807) is 5.56 Å². The van der Waals surface area contributed by atoms with E-state index in [1.165, 1.54) is 50.1 Å². The van der Waals surface area contributed by atoms with Gasteiger partial charge in [-0.15, -0.1) is 0 Å². The lowest BCUT2D eigenvalue weighted by atomic mass is 9.96. The third-order valence-corrected chi connectivity index (χ3v) is 5.05. The smallest absolute Gasteiger partial charge is 0.0414 e. The molecule has 0 aromatic heterocycles. The van der Waals surface area contributed by atoms with Gasteiger partial charge in [-0.3, -0.25) is 0 Å². The number of rotatable bonds is 3. The van der Waals surface area contributed by atoms with Crippen molar-refractivity contribution in [2.45, 2.75) is 38.8 Å². The molecule has 0 bridgehead atoms. The molecule has 0 saturated carbocycles. The van der Waals surface area contributed by atoms with E-state index in [0.717, 1.165) is 13.1 Å². The van der Waals surface area contributed by atoms with Crippen LogP contribution in [0.4, 0.5) is 5.69 Å². The van der Waals surface area contributed by atoms with Crippen molar-refractivity contribution in [3.8, 4) is 0 Å². The number of anilines is 1. The van der Waals surface area contributed by atoms with E-state index in [-0.39, 0.29) is 0 Å². The van der Waals surface area contributed by atoms with E-state index in [9.17, 15) is 0 Å². The molecule has 0 aliphatic carbocycles. The van der Waals surface area contributed by atoms with Gasteiger partial charge in [0.1, 0.15) is 0 Å². The molecule has 0 unspecified atom stereocenters. The average molecular weight is 273 g/mol. The van der Waals surface area contributed by atoms with Crippen LogP contribution in [0.25, 0.3) is 0 Å². The quantitative estimate of drug-likeness (QED) is 0.911. The SMILES string of the molecule is CCN1CCC(N(C)c2cccc3c2CNCC3)CC1. The molecule has 20 heavy (non-hydrogen) atoms. The van der Waals surface area contributed by atoms with Crippen molar-refractivity contribution in [1.29, 1.82) is 0 Å². The first-order valence-electron chi connectivity index (χ1n) is 8.06. The lowest BCUT2D eigenvalue weighted by Crippen LogP contribution is -2.44. The van der Waals surface area contributed by atoms with Gasteiger partial charge in [0.05, 0.1) is 0 Å². The summed E-state index contributed by atoms with van der Waals surface area (Å²) in [5.41, 5.74) is 4.52. The van der Waals surface area contributed by atoms with Gasteiger partial charge < -0.3 is 15.1 Å². The van der Waals surface area contributed by atoms with Crippen LogP contribution >= 0.6 is 0 Å². The number of hydrogen-bond acceptors (Lipinski definition) is 3. The van der Waals surface area contributed by atoms with Crippen LogP contribution in [0.15, 0.2) is 18.2 Å². The van der Waals surface area contributed by atoms with Crippen molar-refractivity contribution in [1.82, 2.24) is 10.2 Å². The number of likely N-dealkylation sites (tertiary alicyclic amines) is 1. The van der Waals surface area contributed by atoms with E-state index >= 15 is 0 Å². The monoisotopic (exact) mass is 273 g/mol. The first kappa shape index (κ1) is 13.9. The number of hydrogen-bond donors (Lipinski definition) is 1. The second-order valence-electron chi connectivity index (χ2n) is 6.12. The van der Waals surface area contributed by atoms with Gasteiger partial charge in [0.15, 0.2) is 0 Å². The third-order valence-electron chi connectivity index (χ3n) is 5.05. The summed E-state index contributed by atoms with van der Waals surface area (Å²) in [4.78, 5) is 5.10. The standard InChI is InChI=1S/C17H27N3/c1-3-20-11-8-15(9-12-20)19(2)17-6-4-5-14-7-10-18-13-16(14)17/h4-6,15,18H,3,7-13H2,1-2H3. The van der Waals surface area contributed by atoms with Gasteiger partial charge in [0, 0.05) is 38.4 Å². The Morgan fingerprint density at radius 1 is 1.30 bits per heavy atom. The molecule has 110 valence electrons. The maximum absolute atomic E-state index is 3.52. The highest BCUT2D eigenvalue weighted by atomic mass is 15.2. The summed E-state index contributed by atoms with van der Waals surface area (Å²) < 4.78 is 0. The Labute approximate surface area is 123 Å². The molecule has 2 heterocycles. The van der Waals surface area contributed by atoms with Crippen LogP contribution in [-0.2, 0) is 13.0 Å². The predicted molar refractivity (Wildman–Crippen MR) is 85.4 cm³/mol. The minimum atomic E-state index is 0.700. The van der Waals surface area contributed by atoms with Crippen LogP contribution in [0.5, 0.6) is 0 Å². The molecule has 0 amide bonds. The Kier molecular flexibility index (Phi) is 4.27. The highest BCUT2D eigenvalue weighted by molar-refractivity contribution is 5.57. The molecular formula is C17H27N3. The zero-order valence-electron chi connectivity index (χ0n) is 12.9. The molecule has 3 nitrogen and oxygen atoms in total. The zero-order valence-corrected chi connectivity index (χ0v) is 12.9. The summed E-state index contributed by atoms with van der Waals surface area (Å²) in [5.74, 6) is 0. The average Bonchev–Trinajstić information content (AvgIpc) is 2.54. The molecule has 3 heteroatoms. The Balaban J connectivity index is 1.76. The van der Waals surface area contributed by atoms with Crippen LogP contribution in [-0.4, -0.2) is 44.2 Å². The largest absolute Gasteiger partial charge is 0.371 e. The van der Waals surface area contributed by atoms with E-state index in [1.807, 2.05) is 0 Å². The third kappa shape index (κ3) is 2.70. The maximum Gasteiger partial charge on any atom is 0.0414 e.